The molecule has 5 nitrogen and oxygen atoms in total. The summed E-state index contributed by atoms with van der Waals surface area (Å²) in [5.74, 6) is -0.253. The van der Waals surface area contributed by atoms with Gasteiger partial charge in [0.05, 0.1) is 18.2 Å². The molecule has 130 valence electrons. The fourth-order valence-electron chi connectivity index (χ4n) is 2.71. The van der Waals surface area contributed by atoms with Crippen LogP contribution in [0.4, 0.5) is 5.69 Å². The molecule has 1 aliphatic carbocycles. The van der Waals surface area contributed by atoms with E-state index in [1.165, 1.54) is 7.11 Å². The highest BCUT2D eigenvalue weighted by Gasteiger charge is 2.52. The van der Waals surface area contributed by atoms with E-state index in [-0.39, 0.29) is 12.6 Å². The first-order valence-corrected chi connectivity index (χ1v) is 8.29. The molecule has 0 saturated heterocycles. The van der Waals surface area contributed by atoms with E-state index in [4.69, 9.17) is 21.1 Å². The lowest BCUT2D eigenvalue weighted by Crippen LogP contribution is -2.28. The quantitative estimate of drug-likeness (QED) is 0.801. The number of para-hydroxylation sites is 2. The summed E-state index contributed by atoms with van der Waals surface area (Å²) >= 11 is 5.89. The number of halogens is 1. The predicted octanol–water partition coefficient (Wildman–Crippen LogP) is 3.56. The summed E-state index contributed by atoms with van der Waals surface area (Å²) in [5.41, 5.74) is 0.756. The fraction of sp³-hybridized carbons (Fsp3) is 0.263. The Bertz CT molecular complexity index is 784. The Morgan fingerprint density at radius 1 is 1.12 bits per heavy atom. The maximum atomic E-state index is 12.4. The Hall–Kier alpha value is -2.53. The number of ether oxygens (including phenoxy) is 2. The van der Waals surface area contributed by atoms with Crippen LogP contribution < -0.4 is 10.1 Å². The molecule has 1 aliphatic rings. The molecule has 2 aromatic carbocycles. The van der Waals surface area contributed by atoms with Gasteiger partial charge in [0.25, 0.3) is 5.91 Å². The van der Waals surface area contributed by atoms with Crippen LogP contribution in [-0.2, 0) is 19.7 Å². The summed E-state index contributed by atoms with van der Waals surface area (Å²) < 4.78 is 10.4. The zero-order valence-corrected chi connectivity index (χ0v) is 14.5. The van der Waals surface area contributed by atoms with Crippen molar-refractivity contribution < 1.29 is 19.1 Å². The standard InChI is InChI=1S/C19H18ClNO4/c1-24-16-5-3-2-4-15(16)21-17(22)12-25-18(23)19(10-11-19)13-6-8-14(20)9-7-13/h2-9H,10-12H2,1H3,(H,21,22). The van der Waals surface area contributed by atoms with Crippen molar-refractivity contribution in [3.8, 4) is 5.75 Å². The first kappa shape index (κ1) is 17.3. The van der Waals surface area contributed by atoms with Gasteiger partial charge in [-0.3, -0.25) is 9.59 Å². The van der Waals surface area contributed by atoms with Crippen LogP contribution in [0.25, 0.3) is 0 Å². The van der Waals surface area contributed by atoms with Crippen LogP contribution in [0.15, 0.2) is 48.5 Å². The Morgan fingerprint density at radius 3 is 2.44 bits per heavy atom. The largest absolute Gasteiger partial charge is 0.495 e. The van der Waals surface area contributed by atoms with Crippen LogP contribution in [0.3, 0.4) is 0 Å². The average Bonchev–Trinajstić information content (AvgIpc) is 3.42. The molecule has 0 aromatic heterocycles. The molecule has 1 fully saturated rings. The number of hydrogen-bond acceptors (Lipinski definition) is 4. The van der Waals surface area contributed by atoms with Gasteiger partial charge >= 0.3 is 5.97 Å². The van der Waals surface area contributed by atoms with E-state index < -0.39 is 11.3 Å². The number of anilines is 1. The van der Waals surface area contributed by atoms with Crippen molar-refractivity contribution in [3.05, 3.63) is 59.1 Å². The Morgan fingerprint density at radius 2 is 1.80 bits per heavy atom. The van der Waals surface area contributed by atoms with Gasteiger partial charge in [0.15, 0.2) is 6.61 Å². The van der Waals surface area contributed by atoms with Gasteiger partial charge in [-0.05, 0) is 42.7 Å². The van der Waals surface area contributed by atoms with Gasteiger partial charge in [-0.1, -0.05) is 35.9 Å². The third-order valence-electron chi connectivity index (χ3n) is 4.25. The lowest BCUT2D eigenvalue weighted by Gasteiger charge is -2.15. The van der Waals surface area contributed by atoms with Crippen molar-refractivity contribution in [2.75, 3.05) is 19.0 Å². The van der Waals surface area contributed by atoms with Crippen molar-refractivity contribution >= 4 is 29.2 Å². The molecule has 1 amide bonds. The summed E-state index contributed by atoms with van der Waals surface area (Å²) in [4.78, 5) is 24.5. The smallest absolute Gasteiger partial charge is 0.317 e. The van der Waals surface area contributed by atoms with Crippen molar-refractivity contribution in [3.63, 3.8) is 0 Å². The van der Waals surface area contributed by atoms with Gasteiger partial charge in [0.1, 0.15) is 5.75 Å². The van der Waals surface area contributed by atoms with Crippen LogP contribution in [0.2, 0.25) is 5.02 Å². The topological polar surface area (TPSA) is 64.6 Å². The number of rotatable bonds is 6. The average molecular weight is 360 g/mol. The third-order valence-corrected chi connectivity index (χ3v) is 4.50. The summed E-state index contributed by atoms with van der Waals surface area (Å²) in [5, 5.41) is 3.29. The van der Waals surface area contributed by atoms with Crippen molar-refractivity contribution in [2.45, 2.75) is 18.3 Å². The lowest BCUT2D eigenvalue weighted by molar-refractivity contribution is -0.150. The highest BCUT2D eigenvalue weighted by atomic mass is 35.5. The van der Waals surface area contributed by atoms with E-state index >= 15 is 0 Å². The number of nitrogens with one attached hydrogen (secondary N) is 1. The zero-order chi connectivity index (χ0) is 17.9. The zero-order valence-electron chi connectivity index (χ0n) is 13.8. The molecule has 2 aromatic rings. The number of benzene rings is 2. The summed E-state index contributed by atoms with van der Waals surface area (Å²) in [7, 11) is 1.52. The number of carbonyl (C=O) groups excluding carboxylic acids is 2. The molecule has 1 saturated carbocycles. The van der Waals surface area contributed by atoms with E-state index in [9.17, 15) is 9.59 Å². The molecule has 0 unspecified atom stereocenters. The van der Waals surface area contributed by atoms with E-state index in [2.05, 4.69) is 5.32 Å². The minimum Gasteiger partial charge on any atom is -0.495 e. The number of methoxy groups -OCH3 is 1. The second kappa shape index (κ2) is 7.15. The maximum Gasteiger partial charge on any atom is 0.317 e. The number of amides is 1. The molecule has 0 bridgehead atoms. The Labute approximate surface area is 150 Å². The molecule has 3 rings (SSSR count). The second-order valence-electron chi connectivity index (χ2n) is 5.91. The first-order chi connectivity index (χ1) is 12.0. The Balaban J connectivity index is 1.59. The maximum absolute atomic E-state index is 12.4. The predicted molar refractivity (Wildman–Crippen MR) is 94.9 cm³/mol. The molecule has 6 heteroatoms. The lowest BCUT2D eigenvalue weighted by atomic mass is 9.96. The van der Waals surface area contributed by atoms with Crippen molar-refractivity contribution in [2.24, 2.45) is 0 Å². The van der Waals surface area contributed by atoms with Crippen LogP contribution in [0, 0.1) is 0 Å². The van der Waals surface area contributed by atoms with E-state index in [1.54, 1.807) is 36.4 Å². The fourth-order valence-corrected chi connectivity index (χ4v) is 2.83. The molecule has 25 heavy (non-hydrogen) atoms. The van der Waals surface area contributed by atoms with Crippen LogP contribution >= 0.6 is 11.6 Å². The van der Waals surface area contributed by atoms with Gasteiger partial charge in [-0.15, -0.1) is 0 Å². The van der Waals surface area contributed by atoms with E-state index in [0.717, 1.165) is 5.56 Å². The van der Waals surface area contributed by atoms with Crippen molar-refractivity contribution in [1.29, 1.82) is 0 Å². The van der Waals surface area contributed by atoms with Gasteiger partial charge in [-0.25, -0.2) is 0 Å². The molecule has 0 heterocycles. The second-order valence-corrected chi connectivity index (χ2v) is 6.35. The molecule has 0 radical (unpaired) electrons. The van der Waals surface area contributed by atoms with Gasteiger partial charge in [0.2, 0.25) is 0 Å². The monoisotopic (exact) mass is 359 g/mol. The molecular weight excluding hydrogens is 342 g/mol. The highest BCUT2D eigenvalue weighted by molar-refractivity contribution is 6.30. The number of esters is 1. The molecule has 1 N–H and O–H groups in total. The normalized spacial score (nSPS) is 14.5. The highest BCUT2D eigenvalue weighted by Crippen LogP contribution is 2.49. The Kier molecular flexibility index (Phi) is 4.95. The van der Waals surface area contributed by atoms with Crippen LogP contribution in [0.5, 0.6) is 5.75 Å². The van der Waals surface area contributed by atoms with Crippen molar-refractivity contribution in [1.82, 2.24) is 0 Å². The van der Waals surface area contributed by atoms with E-state index in [1.807, 2.05) is 12.1 Å². The number of carbonyl (C=O) groups is 2. The van der Waals surface area contributed by atoms with Gasteiger partial charge in [0, 0.05) is 5.02 Å². The summed E-state index contributed by atoms with van der Waals surface area (Å²) in [6.45, 7) is -0.341. The summed E-state index contributed by atoms with van der Waals surface area (Å²) in [6, 6.07) is 14.2. The first-order valence-electron chi connectivity index (χ1n) is 7.91. The molecule has 0 spiro atoms. The van der Waals surface area contributed by atoms with Crippen LogP contribution in [0.1, 0.15) is 18.4 Å². The SMILES string of the molecule is COc1ccccc1NC(=O)COC(=O)C1(c2ccc(Cl)cc2)CC1. The van der Waals surface area contributed by atoms with Crippen LogP contribution in [-0.4, -0.2) is 25.6 Å². The third kappa shape index (κ3) is 3.77. The molecular formula is C19H18ClNO4. The van der Waals surface area contributed by atoms with Gasteiger partial charge in [-0.2, -0.15) is 0 Å². The molecule has 0 aliphatic heterocycles. The summed E-state index contributed by atoms with van der Waals surface area (Å²) in [6.07, 6.45) is 1.42. The number of hydrogen-bond donors (Lipinski definition) is 1. The minimum absolute atomic E-state index is 0.341. The van der Waals surface area contributed by atoms with Gasteiger partial charge < -0.3 is 14.8 Å². The minimum atomic E-state index is -0.644. The van der Waals surface area contributed by atoms with E-state index in [0.29, 0.717) is 29.3 Å². The molecule has 0 atom stereocenters.